The smallest absolute Gasteiger partial charge is 0.0931 e. The number of rotatable bonds is 4. The molecule has 3 N–H and O–H groups in total. The number of pyridine rings is 1. The van der Waals surface area contributed by atoms with E-state index >= 15 is 0 Å². The van der Waals surface area contributed by atoms with Gasteiger partial charge in [0.05, 0.1) is 11.2 Å². The summed E-state index contributed by atoms with van der Waals surface area (Å²) >= 11 is 0. The van der Waals surface area contributed by atoms with Gasteiger partial charge in [-0.3, -0.25) is 4.98 Å². The molecule has 0 radical (unpaired) electrons. The van der Waals surface area contributed by atoms with Crippen molar-refractivity contribution in [3.8, 4) is 0 Å². The van der Waals surface area contributed by atoms with Crippen molar-refractivity contribution in [1.82, 2.24) is 10.3 Å². The normalized spacial score (nSPS) is 11.0. The predicted octanol–water partition coefficient (Wildman–Crippen LogP) is 4.38. The average Bonchev–Trinajstić information content (AvgIpc) is 2.44. The average molecular weight is 287 g/mol. The molecule has 0 bridgehead atoms. The number of para-hydroxylation sites is 1. The lowest BCUT2D eigenvalue weighted by Crippen LogP contribution is -2.36. The van der Waals surface area contributed by atoms with Gasteiger partial charge in [0.15, 0.2) is 0 Å². The molecule has 0 aliphatic rings. The lowest BCUT2D eigenvalue weighted by Gasteiger charge is -2.20. The maximum absolute atomic E-state index is 5.69. The summed E-state index contributed by atoms with van der Waals surface area (Å²) in [6.07, 6.45) is 5.72. The zero-order valence-corrected chi connectivity index (χ0v) is 13.8. The van der Waals surface area contributed by atoms with Gasteiger partial charge in [-0.1, -0.05) is 38.0 Å². The predicted molar refractivity (Wildman–Crippen MR) is 93.4 cm³/mol. The second-order valence-electron chi connectivity index (χ2n) is 6.31. The van der Waals surface area contributed by atoms with Crippen LogP contribution in [0.15, 0.2) is 36.5 Å². The van der Waals surface area contributed by atoms with Gasteiger partial charge in [0, 0.05) is 17.1 Å². The molecule has 0 atom stereocenters. The number of unbranched alkanes of at least 4 members (excludes halogenated alkanes) is 2. The lowest BCUT2D eigenvalue weighted by atomic mass is 10.1. The molecule has 0 amide bonds. The van der Waals surface area contributed by atoms with Crippen LogP contribution < -0.4 is 11.1 Å². The van der Waals surface area contributed by atoms with Gasteiger partial charge in [0.2, 0.25) is 0 Å². The van der Waals surface area contributed by atoms with E-state index in [1.807, 2.05) is 30.3 Å². The number of nitrogen functional groups attached to an aromatic ring is 1. The number of fused-ring (bicyclic) bond motifs is 1. The lowest BCUT2D eigenvalue weighted by molar-refractivity contribution is 0.418. The third-order valence-corrected chi connectivity index (χ3v) is 3.10. The SMILES string of the molecule is CCCCCNC(C)(C)C.Nc1cccc2cccnc12. The Morgan fingerprint density at radius 3 is 2.43 bits per heavy atom. The van der Waals surface area contributed by atoms with Crippen molar-refractivity contribution in [3.63, 3.8) is 0 Å². The van der Waals surface area contributed by atoms with Gasteiger partial charge in [0.25, 0.3) is 0 Å². The van der Waals surface area contributed by atoms with Crippen molar-refractivity contribution in [1.29, 1.82) is 0 Å². The van der Waals surface area contributed by atoms with Crippen molar-refractivity contribution in [2.45, 2.75) is 52.5 Å². The van der Waals surface area contributed by atoms with Crippen LogP contribution >= 0.6 is 0 Å². The summed E-state index contributed by atoms with van der Waals surface area (Å²) in [7, 11) is 0. The molecule has 0 saturated carbocycles. The fraction of sp³-hybridized carbons (Fsp3) is 0.500. The molecule has 0 unspecified atom stereocenters. The molecule has 2 rings (SSSR count). The first kappa shape index (κ1) is 17.4. The Morgan fingerprint density at radius 1 is 1.10 bits per heavy atom. The fourth-order valence-electron chi connectivity index (χ4n) is 1.97. The molecule has 3 nitrogen and oxygen atoms in total. The molecular weight excluding hydrogens is 258 g/mol. The molecule has 1 aromatic carbocycles. The number of hydrogen-bond donors (Lipinski definition) is 2. The van der Waals surface area contributed by atoms with E-state index in [1.165, 1.54) is 19.3 Å². The summed E-state index contributed by atoms with van der Waals surface area (Å²) in [6.45, 7) is 10.0. The number of aromatic nitrogens is 1. The molecule has 1 heterocycles. The van der Waals surface area contributed by atoms with Crippen molar-refractivity contribution < 1.29 is 0 Å². The molecule has 0 saturated heterocycles. The molecule has 1 aromatic heterocycles. The molecule has 0 aliphatic heterocycles. The van der Waals surface area contributed by atoms with Crippen LogP contribution in [0.4, 0.5) is 5.69 Å². The maximum Gasteiger partial charge on any atom is 0.0931 e. The van der Waals surface area contributed by atoms with Gasteiger partial charge in [-0.15, -0.1) is 0 Å². The van der Waals surface area contributed by atoms with E-state index < -0.39 is 0 Å². The molecule has 21 heavy (non-hydrogen) atoms. The summed E-state index contributed by atoms with van der Waals surface area (Å²) in [6, 6.07) is 9.69. The van der Waals surface area contributed by atoms with E-state index in [0.717, 1.165) is 23.1 Å². The standard InChI is InChI=1S/C9H8N2.C9H21N/c10-8-5-1-3-7-4-2-6-11-9(7)8;1-5-6-7-8-10-9(2,3)4/h1-6H,10H2;10H,5-8H2,1-4H3. The summed E-state index contributed by atoms with van der Waals surface area (Å²) in [5.41, 5.74) is 7.62. The van der Waals surface area contributed by atoms with Crippen molar-refractivity contribution in [3.05, 3.63) is 36.5 Å². The number of benzene rings is 1. The Balaban J connectivity index is 0.000000212. The van der Waals surface area contributed by atoms with Crippen LogP contribution in [-0.4, -0.2) is 17.1 Å². The highest BCUT2D eigenvalue weighted by molar-refractivity contribution is 5.88. The Bertz CT molecular complexity index is 524. The van der Waals surface area contributed by atoms with Gasteiger partial charge in [-0.25, -0.2) is 0 Å². The molecule has 3 heteroatoms. The van der Waals surface area contributed by atoms with Crippen molar-refractivity contribution in [2.75, 3.05) is 12.3 Å². The number of nitrogens with two attached hydrogens (primary N) is 1. The number of hydrogen-bond acceptors (Lipinski definition) is 3. The van der Waals surface area contributed by atoms with Crippen molar-refractivity contribution in [2.24, 2.45) is 0 Å². The highest BCUT2D eigenvalue weighted by Gasteiger charge is 2.06. The summed E-state index contributed by atoms with van der Waals surface area (Å²) in [5.74, 6) is 0. The largest absolute Gasteiger partial charge is 0.397 e. The number of nitrogens with zero attached hydrogens (tertiary/aromatic N) is 1. The number of anilines is 1. The van der Waals surface area contributed by atoms with Gasteiger partial charge in [0.1, 0.15) is 0 Å². The minimum Gasteiger partial charge on any atom is -0.397 e. The molecule has 0 fully saturated rings. The number of nitrogens with one attached hydrogen (secondary N) is 1. The minimum atomic E-state index is 0.299. The van der Waals surface area contributed by atoms with Crippen LogP contribution in [0.2, 0.25) is 0 Å². The summed E-state index contributed by atoms with van der Waals surface area (Å²) in [4.78, 5) is 4.16. The van der Waals surface area contributed by atoms with Crippen LogP contribution in [0.25, 0.3) is 10.9 Å². The first-order valence-corrected chi connectivity index (χ1v) is 7.78. The van der Waals surface area contributed by atoms with E-state index in [0.29, 0.717) is 5.54 Å². The minimum absolute atomic E-state index is 0.299. The van der Waals surface area contributed by atoms with Crippen LogP contribution in [0, 0.1) is 0 Å². The highest BCUT2D eigenvalue weighted by atomic mass is 14.9. The van der Waals surface area contributed by atoms with Crippen LogP contribution in [0.5, 0.6) is 0 Å². The van der Waals surface area contributed by atoms with Crippen LogP contribution in [0.3, 0.4) is 0 Å². The zero-order valence-electron chi connectivity index (χ0n) is 13.8. The van der Waals surface area contributed by atoms with Gasteiger partial charge in [-0.2, -0.15) is 0 Å². The molecule has 116 valence electrons. The van der Waals surface area contributed by atoms with Gasteiger partial charge in [-0.05, 0) is 45.9 Å². The Labute approximate surface area is 129 Å². The monoisotopic (exact) mass is 287 g/mol. The van der Waals surface area contributed by atoms with E-state index in [4.69, 9.17) is 5.73 Å². The summed E-state index contributed by atoms with van der Waals surface area (Å²) < 4.78 is 0. The zero-order chi connectivity index (χ0) is 15.7. The topological polar surface area (TPSA) is 50.9 Å². The van der Waals surface area contributed by atoms with E-state index in [2.05, 4.69) is 38.0 Å². The molecule has 0 aliphatic carbocycles. The van der Waals surface area contributed by atoms with Gasteiger partial charge < -0.3 is 11.1 Å². The molecular formula is C18H29N3. The first-order chi connectivity index (χ1) is 9.94. The van der Waals surface area contributed by atoms with Crippen molar-refractivity contribution >= 4 is 16.6 Å². The maximum atomic E-state index is 5.69. The first-order valence-electron chi connectivity index (χ1n) is 7.78. The van der Waals surface area contributed by atoms with Crippen LogP contribution in [0.1, 0.15) is 47.0 Å². The Hall–Kier alpha value is -1.61. The van der Waals surface area contributed by atoms with Gasteiger partial charge >= 0.3 is 0 Å². The second kappa shape index (κ2) is 8.63. The third-order valence-electron chi connectivity index (χ3n) is 3.10. The fourth-order valence-corrected chi connectivity index (χ4v) is 1.97. The quantitative estimate of drug-likeness (QED) is 0.648. The van der Waals surface area contributed by atoms with E-state index in [9.17, 15) is 0 Å². The highest BCUT2D eigenvalue weighted by Crippen LogP contribution is 2.16. The summed E-state index contributed by atoms with van der Waals surface area (Å²) in [5, 5.41) is 4.55. The Morgan fingerprint density at radius 2 is 1.81 bits per heavy atom. The van der Waals surface area contributed by atoms with E-state index in [1.54, 1.807) is 6.20 Å². The van der Waals surface area contributed by atoms with E-state index in [-0.39, 0.29) is 0 Å². The second-order valence-corrected chi connectivity index (χ2v) is 6.31. The van der Waals surface area contributed by atoms with Crippen LogP contribution in [-0.2, 0) is 0 Å². The Kier molecular flexibility index (Phi) is 7.17. The molecule has 2 aromatic rings. The third kappa shape index (κ3) is 7.09. The molecule has 0 spiro atoms.